The molecule has 0 radical (unpaired) electrons. The van der Waals surface area contributed by atoms with E-state index >= 15 is 0 Å². The van der Waals surface area contributed by atoms with Crippen LogP contribution < -0.4 is 10.6 Å². The van der Waals surface area contributed by atoms with Gasteiger partial charge in [-0.1, -0.05) is 6.42 Å². The Hall–Kier alpha value is -0.0800. The average molecular weight is 143 g/mol. The predicted molar refractivity (Wildman–Crippen MR) is 42.8 cm³/mol. The molecule has 0 bridgehead atoms. The Morgan fingerprint density at radius 1 is 1.10 bits per heavy atom. The summed E-state index contributed by atoms with van der Waals surface area (Å²) in [5.74, 6) is 0. The summed E-state index contributed by atoms with van der Waals surface area (Å²) in [6.07, 6.45) is 6.43. The fourth-order valence-corrected chi connectivity index (χ4v) is 1.68. The van der Waals surface area contributed by atoms with E-state index in [0.29, 0.717) is 0 Å². The number of nitrogens with one attached hydrogen (secondary N) is 1. The van der Waals surface area contributed by atoms with Gasteiger partial charge in [-0.3, -0.25) is 5.73 Å². The quantitative estimate of drug-likeness (QED) is 0.487. The zero-order valence-electron chi connectivity index (χ0n) is 7.11. The fourth-order valence-electron chi connectivity index (χ4n) is 1.68. The Balaban J connectivity index is 2.48. The Morgan fingerprint density at radius 2 is 1.60 bits per heavy atom. The fraction of sp³-hybridized carbons (Fsp3) is 1.00. The molecule has 0 heterocycles. The molecule has 1 aliphatic carbocycles. The molecule has 2 nitrogen and oxygen atoms in total. The maximum Gasteiger partial charge on any atom is 0.148 e. The number of hydrogen-bond donors (Lipinski definition) is 2. The Bertz CT molecular complexity index is 104. The molecule has 1 fully saturated rings. The summed E-state index contributed by atoms with van der Waals surface area (Å²) in [7, 11) is 4.32. The zero-order valence-corrected chi connectivity index (χ0v) is 7.11. The van der Waals surface area contributed by atoms with Crippen LogP contribution in [0.25, 0.3) is 0 Å². The number of nitrogens with two attached hydrogens (primary N) is 1. The summed E-state index contributed by atoms with van der Waals surface area (Å²) in [6, 6.07) is 0. The van der Waals surface area contributed by atoms with Crippen LogP contribution in [0.15, 0.2) is 0 Å². The smallest absolute Gasteiger partial charge is 0.148 e. The van der Waals surface area contributed by atoms with Crippen LogP contribution in [0.3, 0.4) is 0 Å². The summed E-state index contributed by atoms with van der Waals surface area (Å²) in [5, 5.41) is 0. The van der Waals surface area contributed by atoms with Gasteiger partial charge in [0.15, 0.2) is 0 Å². The van der Waals surface area contributed by atoms with Crippen LogP contribution in [0, 0.1) is 0 Å². The monoisotopic (exact) mass is 143 g/mol. The first kappa shape index (κ1) is 8.02. The van der Waals surface area contributed by atoms with E-state index in [1.165, 1.54) is 37.0 Å². The third-order valence-electron chi connectivity index (χ3n) is 2.74. The molecule has 0 amide bonds. The van der Waals surface area contributed by atoms with Crippen molar-refractivity contribution in [1.29, 1.82) is 0 Å². The van der Waals surface area contributed by atoms with E-state index in [0.717, 1.165) is 0 Å². The van der Waals surface area contributed by atoms with Crippen LogP contribution >= 0.6 is 0 Å². The first-order chi connectivity index (χ1) is 4.65. The van der Waals surface area contributed by atoms with Crippen molar-refractivity contribution in [3.8, 4) is 0 Å². The molecule has 1 saturated carbocycles. The highest BCUT2D eigenvalue weighted by atomic mass is 15.2. The Labute approximate surface area is 63.4 Å². The van der Waals surface area contributed by atoms with E-state index in [2.05, 4.69) is 14.1 Å². The highest BCUT2D eigenvalue weighted by Crippen LogP contribution is 2.20. The van der Waals surface area contributed by atoms with Gasteiger partial charge in [0.2, 0.25) is 0 Å². The van der Waals surface area contributed by atoms with Crippen molar-refractivity contribution < 1.29 is 4.90 Å². The Kier molecular flexibility index (Phi) is 2.32. The minimum absolute atomic E-state index is 0.0955. The van der Waals surface area contributed by atoms with E-state index in [1.807, 2.05) is 0 Å². The third kappa shape index (κ3) is 1.50. The van der Waals surface area contributed by atoms with E-state index < -0.39 is 0 Å². The van der Waals surface area contributed by atoms with Crippen molar-refractivity contribution >= 4 is 0 Å². The number of rotatable bonds is 1. The van der Waals surface area contributed by atoms with E-state index in [4.69, 9.17) is 5.73 Å². The molecule has 1 rings (SSSR count). The van der Waals surface area contributed by atoms with Crippen LogP contribution in [0.2, 0.25) is 0 Å². The normalized spacial score (nSPS) is 25.2. The maximum absolute atomic E-state index is 6.16. The lowest BCUT2D eigenvalue weighted by atomic mass is 9.89. The molecule has 0 aromatic rings. The highest BCUT2D eigenvalue weighted by molar-refractivity contribution is 4.75. The summed E-state index contributed by atoms with van der Waals surface area (Å²) >= 11 is 0. The second-order valence-corrected chi connectivity index (χ2v) is 3.72. The highest BCUT2D eigenvalue weighted by Gasteiger charge is 2.32. The van der Waals surface area contributed by atoms with E-state index in [-0.39, 0.29) is 5.66 Å². The van der Waals surface area contributed by atoms with Crippen LogP contribution in [-0.4, -0.2) is 19.8 Å². The van der Waals surface area contributed by atoms with Crippen LogP contribution in [0.1, 0.15) is 32.1 Å². The van der Waals surface area contributed by atoms with Crippen molar-refractivity contribution in [1.82, 2.24) is 0 Å². The van der Waals surface area contributed by atoms with Crippen LogP contribution in [-0.2, 0) is 0 Å². The topological polar surface area (TPSA) is 30.5 Å². The van der Waals surface area contributed by atoms with Gasteiger partial charge in [0.05, 0.1) is 14.1 Å². The zero-order chi connectivity index (χ0) is 7.61. The molecule has 1 aliphatic rings. The molecular formula is C8H19N2+. The second kappa shape index (κ2) is 2.89. The summed E-state index contributed by atoms with van der Waals surface area (Å²) in [5.41, 5.74) is 6.26. The van der Waals surface area contributed by atoms with Crippen molar-refractivity contribution in [2.75, 3.05) is 14.1 Å². The molecule has 2 heteroatoms. The SMILES string of the molecule is C[NH+](C)C1(N)CCCCC1. The molecule has 0 atom stereocenters. The van der Waals surface area contributed by atoms with Gasteiger partial charge in [-0.05, 0) is 12.8 Å². The summed E-state index contributed by atoms with van der Waals surface area (Å²) in [4.78, 5) is 1.41. The van der Waals surface area contributed by atoms with E-state index in [1.54, 1.807) is 0 Å². The maximum atomic E-state index is 6.16. The van der Waals surface area contributed by atoms with Gasteiger partial charge < -0.3 is 4.90 Å². The molecule has 0 aromatic carbocycles. The first-order valence-electron chi connectivity index (χ1n) is 4.25. The van der Waals surface area contributed by atoms with Crippen molar-refractivity contribution in [3.63, 3.8) is 0 Å². The van der Waals surface area contributed by atoms with Crippen LogP contribution in [0.5, 0.6) is 0 Å². The first-order valence-corrected chi connectivity index (χ1v) is 4.25. The molecule has 3 N–H and O–H groups in total. The van der Waals surface area contributed by atoms with Gasteiger partial charge in [0.25, 0.3) is 0 Å². The molecule has 0 aromatic heterocycles. The number of hydrogen-bond acceptors (Lipinski definition) is 1. The summed E-state index contributed by atoms with van der Waals surface area (Å²) in [6.45, 7) is 0. The predicted octanol–water partition coefficient (Wildman–Crippen LogP) is -0.250. The van der Waals surface area contributed by atoms with Gasteiger partial charge in [0, 0.05) is 12.8 Å². The standard InChI is InChI=1S/C8H18N2/c1-10(2)8(9)6-4-3-5-7-8/h3-7,9H2,1-2H3/p+1. The lowest BCUT2D eigenvalue weighted by Gasteiger charge is -2.35. The van der Waals surface area contributed by atoms with E-state index in [9.17, 15) is 0 Å². The minimum atomic E-state index is 0.0955. The lowest BCUT2D eigenvalue weighted by molar-refractivity contribution is -0.917. The molecule has 60 valence electrons. The largest absolute Gasteiger partial charge is 0.323 e. The minimum Gasteiger partial charge on any atom is -0.323 e. The third-order valence-corrected chi connectivity index (χ3v) is 2.74. The van der Waals surface area contributed by atoms with Gasteiger partial charge in [-0.25, -0.2) is 0 Å². The van der Waals surface area contributed by atoms with Crippen LogP contribution in [0.4, 0.5) is 0 Å². The van der Waals surface area contributed by atoms with Gasteiger partial charge in [0.1, 0.15) is 5.66 Å². The van der Waals surface area contributed by atoms with Gasteiger partial charge >= 0.3 is 0 Å². The molecular weight excluding hydrogens is 124 g/mol. The lowest BCUT2D eigenvalue weighted by Crippen LogP contribution is -3.17. The van der Waals surface area contributed by atoms with Crippen molar-refractivity contribution in [3.05, 3.63) is 0 Å². The molecule has 10 heavy (non-hydrogen) atoms. The molecule has 0 unspecified atom stereocenters. The Morgan fingerprint density at radius 3 is 1.90 bits per heavy atom. The van der Waals surface area contributed by atoms with Gasteiger partial charge in [-0.2, -0.15) is 0 Å². The van der Waals surface area contributed by atoms with Gasteiger partial charge in [-0.15, -0.1) is 0 Å². The number of quaternary nitrogens is 1. The summed E-state index contributed by atoms with van der Waals surface area (Å²) < 4.78 is 0. The molecule has 0 aliphatic heterocycles. The van der Waals surface area contributed by atoms with Crippen molar-refractivity contribution in [2.24, 2.45) is 5.73 Å². The second-order valence-electron chi connectivity index (χ2n) is 3.72. The average Bonchev–Trinajstić information content (AvgIpc) is 1.89. The van der Waals surface area contributed by atoms with Crippen molar-refractivity contribution in [2.45, 2.75) is 37.8 Å². The molecule has 0 spiro atoms. The molecule has 0 saturated heterocycles.